The molecule has 2 aromatic rings. The van der Waals surface area contributed by atoms with Gasteiger partial charge in [-0.2, -0.15) is 5.10 Å². The summed E-state index contributed by atoms with van der Waals surface area (Å²) in [5.74, 6) is 0.779. The molecular formula is C19H22N2O4. The maximum Gasteiger partial charge on any atom is 0.347 e. The van der Waals surface area contributed by atoms with Crippen LogP contribution in [-0.4, -0.2) is 45.0 Å². The first-order valence-corrected chi connectivity index (χ1v) is 7.88. The lowest BCUT2D eigenvalue weighted by atomic mass is 10.2. The van der Waals surface area contributed by atoms with Gasteiger partial charge in [-0.05, 0) is 42.8 Å². The molecule has 132 valence electrons. The van der Waals surface area contributed by atoms with Gasteiger partial charge in [0.2, 0.25) is 0 Å². The molecule has 0 spiro atoms. The first kappa shape index (κ1) is 18.3. The minimum absolute atomic E-state index is 0.347. The zero-order chi connectivity index (χ0) is 18.2. The molecular weight excluding hydrogens is 320 g/mol. The molecule has 6 heteroatoms. The summed E-state index contributed by atoms with van der Waals surface area (Å²) in [5, 5.41) is 5.88. The van der Waals surface area contributed by atoms with E-state index >= 15 is 0 Å². The molecule has 0 aliphatic rings. The molecule has 0 saturated heterocycles. The average molecular weight is 342 g/mol. The standard InChI is InChI=1S/C19H22N2O4/c1-5-24-18-12-14(13-20-21(2)3)10-11-17(18)25-19(22)15-8-6-7-9-16(15)23-4/h6-13H,5H2,1-4H3/b20-13-. The number of benzene rings is 2. The Morgan fingerprint density at radius 3 is 2.56 bits per heavy atom. The molecule has 0 heterocycles. The summed E-state index contributed by atoms with van der Waals surface area (Å²) in [6.45, 7) is 2.32. The zero-order valence-electron chi connectivity index (χ0n) is 14.9. The first-order chi connectivity index (χ1) is 12.0. The molecule has 0 radical (unpaired) electrons. The second-order valence-corrected chi connectivity index (χ2v) is 5.32. The van der Waals surface area contributed by atoms with Crippen LogP contribution in [0, 0.1) is 0 Å². The first-order valence-electron chi connectivity index (χ1n) is 7.88. The van der Waals surface area contributed by atoms with Crippen molar-refractivity contribution in [1.29, 1.82) is 0 Å². The van der Waals surface area contributed by atoms with E-state index in [0.29, 0.717) is 29.4 Å². The van der Waals surface area contributed by atoms with Gasteiger partial charge in [-0.3, -0.25) is 0 Å². The van der Waals surface area contributed by atoms with Gasteiger partial charge in [-0.25, -0.2) is 4.79 Å². The van der Waals surface area contributed by atoms with Crippen LogP contribution in [0.15, 0.2) is 47.6 Å². The molecule has 0 N–H and O–H groups in total. The third-order valence-corrected chi connectivity index (χ3v) is 3.23. The van der Waals surface area contributed by atoms with Crippen LogP contribution in [0.1, 0.15) is 22.8 Å². The van der Waals surface area contributed by atoms with E-state index in [1.165, 1.54) is 7.11 Å². The predicted molar refractivity (Wildman–Crippen MR) is 96.8 cm³/mol. The Hall–Kier alpha value is -3.02. The van der Waals surface area contributed by atoms with Gasteiger partial charge in [-0.15, -0.1) is 0 Å². The summed E-state index contributed by atoms with van der Waals surface area (Å²) in [6.07, 6.45) is 1.70. The van der Waals surface area contributed by atoms with Crippen LogP contribution in [0.4, 0.5) is 0 Å². The van der Waals surface area contributed by atoms with E-state index < -0.39 is 5.97 Å². The largest absolute Gasteiger partial charge is 0.496 e. The van der Waals surface area contributed by atoms with E-state index in [9.17, 15) is 4.79 Å². The minimum atomic E-state index is -0.506. The fourth-order valence-corrected chi connectivity index (χ4v) is 2.11. The van der Waals surface area contributed by atoms with E-state index in [0.717, 1.165) is 5.56 Å². The van der Waals surface area contributed by atoms with Gasteiger partial charge in [0.15, 0.2) is 11.5 Å². The Labute approximate surface area is 147 Å². The highest BCUT2D eigenvalue weighted by molar-refractivity contribution is 5.94. The van der Waals surface area contributed by atoms with Crippen molar-refractivity contribution < 1.29 is 19.0 Å². The van der Waals surface area contributed by atoms with Gasteiger partial charge in [0.25, 0.3) is 0 Å². The number of esters is 1. The number of hydrogen-bond donors (Lipinski definition) is 0. The topological polar surface area (TPSA) is 60.4 Å². The van der Waals surface area contributed by atoms with Crippen molar-refractivity contribution in [2.75, 3.05) is 27.8 Å². The number of ether oxygens (including phenoxy) is 3. The van der Waals surface area contributed by atoms with E-state index in [1.807, 2.05) is 21.0 Å². The quantitative estimate of drug-likeness (QED) is 0.335. The summed E-state index contributed by atoms with van der Waals surface area (Å²) in [6, 6.07) is 12.2. The molecule has 0 aromatic heterocycles. The lowest BCUT2D eigenvalue weighted by Crippen LogP contribution is -2.11. The molecule has 6 nitrogen and oxygen atoms in total. The molecule has 0 aliphatic heterocycles. The van der Waals surface area contributed by atoms with E-state index in [2.05, 4.69) is 5.10 Å². The third-order valence-electron chi connectivity index (χ3n) is 3.23. The third kappa shape index (κ3) is 4.97. The molecule has 0 unspecified atom stereocenters. The van der Waals surface area contributed by atoms with Gasteiger partial charge in [0.1, 0.15) is 11.3 Å². The monoisotopic (exact) mass is 342 g/mol. The Morgan fingerprint density at radius 1 is 1.12 bits per heavy atom. The van der Waals surface area contributed by atoms with Gasteiger partial charge in [0, 0.05) is 14.1 Å². The van der Waals surface area contributed by atoms with Crippen LogP contribution in [0.3, 0.4) is 0 Å². The number of carbonyl (C=O) groups is 1. The van der Waals surface area contributed by atoms with Crippen LogP contribution in [0.5, 0.6) is 17.2 Å². The minimum Gasteiger partial charge on any atom is -0.496 e. The number of para-hydroxylation sites is 1. The molecule has 25 heavy (non-hydrogen) atoms. The number of carbonyl (C=O) groups excluding carboxylic acids is 1. The zero-order valence-corrected chi connectivity index (χ0v) is 14.9. The van der Waals surface area contributed by atoms with E-state index in [-0.39, 0.29) is 0 Å². The Balaban J connectivity index is 2.27. The van der Waals surface area contributed by atoms with Crippen molar-refractivity contribution >= 4 is 12.2 Å². The van der Waals surface area contributed by atoms with Crippen molar-refractivity contribution in [3.8, 4) is 17.2 Å². The molecule has 0 bridgehead atoms. The van der Waals surface area contributed by atoms with E-state index in [1.54, 1.807) is 53.7 Å². The van der Waals surface area contributed by atoms with Crippen LogP contribution < -0.4 is 14.2 Å². The van der Waals surface area contributed by atoms with Crippen LogP contribution in [0.2, 0.25) is 0 Å². The Kier molecular flexibility index (Phi) is 6.39. The number of nitrogens with zero attached hydrogens (tertiary/aromatic N) is 2. The molecule has 0 amide bonds. The van der Waals surface area contributed by atoms with Crippen LogP contribution in [-0.2, 0) is 0 Å². The molecule has 0 saturated carbocycles. The van der Waals surface area contributed by atoms with Crippen molar-refractivity contribution in [3.63, 3.8) is 0 Å². The highest BCUT2D eigenvalue weighted by atomic mass is 16.6. The molecule has 2 aromatic carbocycles. The van der Waals surface area contributed by atoms with Gasteiger partial charge >= 0.3 is 5.97 Å². The lowest BCUT2D eigenvalue weighted by Gasteiger charge is -2.12. The molecule has 2 rings (SSSR count). The van der Waals surface area contributed by atoms with Crippen molar-refractivity contribution in [1.82, 2.24) is 5.01 Å². The van der Waals surface area contributed by atoms with E-state index in [4.69, 9.17) is 14.2 Å². The molecule has 0 fully saturated rings. The number of rotatable bonds is 7. The van der Waals surface area contributed by atoms with Crippen molar-refractivity contribution in [3.05, 3.63) is 53.6 Å². The van der Waals surface area contributed by atoms with Gasteiger partial charge in [-0.1, -0.05) is 12.1 Å². The Morgan fingerprint density at radius 2 is 1.88 bits per heavy atom. The summed E-state index contributed by atoms with van der Waals surface area (Å²) in [5.41, 5.74) is 1.19. The fraction of sp³-hybridized carbons (Fsp3) is 0.263. The summed E-state index contributed by atoms with van der Waals surface area (Å²) in [4.78, 5) is 12.5. The molecule has 0 atom stereocenters. The fourth-order valence-electron chi connectivity index (χ4n) is 2.11. The average Bonchev–Trinajstić information content (AvgIpc) is 2.61. The highest BCUT2D eigenvalue weighted by Crippen LogP contribution is 2.30. The Bertz CT molecular complexity index is 757. The van der Waals surface area contributed by atoms with Crippen LogP contribution in [0.25, 0.3) is 0 Å². The molecule has 0 aliphatic carbocycles. The maximum atomic E-state index is 12.5. The predicted octanol–water partition coefficient (Wildman–Crippen LogP) is 3.21. The van der Waals surface area contributed by atoms with Crippen molar-refractivity contribution in [2.45, 2.75) is 6.92 Å². The lowest BCUT2D eigenvalue weighted by molar-refractivity contribution is 0.0725. The second kappa shape index (κ2) is 8.73. The van der Waals surface area contributed by atoms with Gasteiger partial charge in [0.05, 0.1) is 19.9 Å². The number of hydrogen-bond acceptors (Lipinski definition) is 6. The number of methoxy groups -OCH3 is 1. The summed E-state index contributed by atoms with van der Waals surface area (Å²) in [7, 11) is 5.18. The van der Waals surface area contributed by atoms with Crippen molar-refractivity contribution in [2.24, 2.45) is 5.10 Å². The SMILES string of the molecule is CCOc1cc(/C=N\N(C)C)ccc1OC(=O)c1ccccc1OC. The number of hydrazone groups is 1. The summed E-state index contributed by atoms with van der Waals surface area (Å²) >= 11 is 0. The summed E-state index contributed by atoms with van der Waals surface area (Å²) < 4.78 is 16.3. The van der Waals surface area contributed by atoms with Crippen LogP contribution >= 0.6 is 0 Å². The smallest absolute Gasteiger partial charge is 0.347 e. The van der Waals surface area contributed by atoms with Gasteiger partial charge < -0.3 is 19.2 Å². The highest BCUT2D eigenvalue weighted by Gasteiger charge is 2.16. The normalized spacial score (nSPS) is 10.6. The second-order valence-electron chi connectivity index (χ2n) is 5.32. The maximum absolute atomic E-state index is 12.5.